The summed E-state index contributed by atoms with van der Waals surface area (Å²) < 4.78 is 11.4. The van der Waals surface area contributed by atoms with Gasteiger partial charge in [-0.15, -0.1) is 0 Å². The highest BCUT2D eigenvalue weighted by molar-refractivity contribution is 5.81. The van der Waals surface area contributed by atoms with Crippen LogP contribution in [-0.4, -0.2) is 81.3 Å². The third-order valence-electron chi connectivity index (χ3n) is 6.02. The van der Waals surface area contributed by atoms with Crippen LogP contribution < -0.4 is 10.1 Å². The topological polar surface area (TPSA) is 66.4 Å². The molecule has 1 amide bonds. The van der Waals surface area contributed by atoms with Gasteiger partial charge >= 0.3 is 0 Å². The van der Waals surface area contributed by atoms with Gasteiger partial charge in [-0.3, -0.25) is 9.79 Å². The van der Waals surface area contributed by atoms with E-state index in [-0.39, 0.29) is 17.2 Å². The van der Waals surface area contributed by atoms with Crippen molar-refractivity contribution in [1.29, 1.82) is 0 Å². The number of carbonyl (C=O) groups excluding carboxylic acids is 1. The van der Waals surface area contributed by atoms with Gasteiger partial charge in [0.15, 0.2) is 5.96 Å². The SMILES string of the molecule is CN=C(NCCOc1ccccc1C(C)(C)C)N1CCC(C(=O)N2CCOCC2)CC1. The molecule has 2 fully saturated rings. The molecule has 0 atom stereocenters. The Bertz CT molecular complexity index is 745. The molecule has 1 aromatic rings. The Morgan fingerprint density at radius 2 is 1.81 bits per heavy atom. The molecule has 2 aliphatic rings. The largest absolute Gasteiger partial charge is 0.491 e. The number of nitrogens with zero attached hydrogens (tertiary/aromatic N) is 3. The van der Waals surface area contributed by atoms with E-state index in [0.717, 1.165) is 50.7 Å². The number of aliphatic imine (C=N–C) groups is 1. The number of guanidine groups is 1. The number of likely N-dealkylation sites (tertiary alicyclic amines) is 1. The van der Waals surface area contributed by atoms with Gasteiger partial charge in [0.05, 0.1) is 19.8 Å². The minimum atomic E-state index is 0.0447. The zero-order chi connectivity index (χ0) is 22.3. The summed E-state index contributed by atoms with van der Waals surface area (Å²) in [6, 6.07) is 8.23. The van der Waals surface area contributed by atoms with Crippen molar-refractivity contribution in [3.8, 4) is 5.75 Å². The molecule has 172 valence electrons. The first-order valence-corrected chi connectivity index (χ1v) is 11.4. The molecular formula is C24H38N4O3. The van der Waals surface area contributed by atoms with E-state index in [1.54, 1.807) is 0 Å². The normalized spacial score (nSPS) is 18.8. The molecule has 1 N–H and O–H groups in total. The standard InChI is InChI=1S/C24H38N4O3/c1-24(2,3)20-7-5-6-8-21(20)31-16-11-26-23(25-4)28-12-9-19(10-13-28)22(29)27-14-17-30-18-15-27/h5-8,19H,9-18H2,1-4H3,(H,25,26). The fourth-order valence-corrected chi connectivity index (χ4v) is 4.25. The molecule has 0 aromatic heterocycles. The minimum Gasteiger partial charge on any atom is -0.491 e. The monoisotopic (exact) mass is 430 g/mol. The van der Waals surface area contributed by atoms with Gasteiger partial charge in [0, 0.05) is 39.1 Å². The van der Waals surface area contributed by atoms with E-state index in [4.69, 9.17) is 9.47 Å². The Kier molecular flexibility index (Phi) is 8.18. The molecule has 3 rings (SSSR count). The smallest absolute Gasteiger partial charge is 0.225 e. The van der Waals surface area contributed by atoms with Crippen LogP contribution in [0, 0.1) is 5.92 Å². The highest BCUT2D eigenvalue weighted by Gasteiger charge is 2.30. The van der Waals surface area contributed by atoms with E-state index in [1.807, 2.05) is 24.1 Å². The van der Waals surface area contributed by atoms with Crippen LogP contribution in [-0.2, 0) is 14.9 Å². The first-order chi connectivity index (χ1) is 14.9. The number of hydrogen-bond acceptors (Lipinski definition) is 4. The second-order valence-corrected chi connectivity index (χ2v) is 9.27. The van der Waals surface area contributed by atoms with Crippen LogP contribution in [0.15, 0.2) is 29.3 Å². The fourth-order valence-electron chi connectivity index (χ4n) is 4.25. The number of hydrogen-bond donors (Lipinski definition) is 1. The average Bonchev–Trinajstić information content (AvgIpc) is 2.79. The number of carbonyl (C=O) groups is 1. The molecule has 2 aliphatic heterocycles. The lowest BCUT2D eigenvalue weighted by molar-refractivity contribution is -0.140. The second-order valence-electron chi connectivity index (χ2n) is 9.27. The van der Waals surface area contributed by atoms with E-state index < -0.39 is 0 Å². The zero-order valence-electron chi connectivity index (χ0n) is 19.5. The summed E-state index contributed by atoms with van der Waals surface area (Å²) in [5.74, 6) is 2.22. The molecule has 7 nitrogen and oxygen atoms in total. The summed E-state index contributed by atoms with van der Waals surface area (Å²) in [5.41, 5.74) is 1.26. The van der Waals surface area contributed by atoms with E-state index in [9.17, 15) is 4.79 Å². The third kappa shape index (κ3) is 6.35. The Morgan fingerprint density at radius 1 is 1.13 bits per heavy atom. The molecule has 0 saturated carbocycles. The van der Waals surface area contributed by atoms with Crippen LogP contribution in [0.1, 0.15) is 39.2 Å². The lowest BCUT2D eigenvalue weighted by atomic mass is 9.86. The maximum absolute atomic E-state index is 12.7. The molecule has 0 bridgehead atoms. The molecule has 0 radical (unpaired) electrons. The van der Waals surface area contributed by atoms with E-state index in [0.29, 0.717) is 26.4 Å². The number of ether oxygens (including phenoxy) is 2. The van der Waals surface area contributed by atoms with Gasteiger partial charge < -0.3 is 24.6 Å². The fraction of sp³-hybridized carbons (Fsp3) is 0.667. The van der Waals surface area contributed by atoms with Crippen molar-refractivity contribution in [3.05, 3.63) is 29.8 Å². The first kappa shape index (κ1) is 23.4. The molecule has 0 aliphatic carbocycles. The van der Waals surface area contributed by atoms with E-state index in [1.165, 1.54) is 5.56 Å². The summed E-state index contributed by atoms with van der Waals surface area (Å²) in [5, 5.41) is 3.41. The Morgan fingerprint density at radius 3 is 2.45 bits per heavy atom. The first-order valence-electron chi connectivity index (χ1n) is 11.4. The van der Waals surface area contributed by atoms with Crippen LogP contribution in [0.4, 0.5) is 0 Å². The quantitative estimate of drug-likeness (QED) is 0.442. The van der Waals surface area contributed by atoms with Crippen molar-refractivity contribution in [2.24, 2.45) is 10.9 Å². The zero-order valence-corrected chi connectivity index (χ0v) is 19.5. The Labute approximate surface area is 186 Å². The van der Waals surface area contributed by atoms with Gasteiger partial charge in [-0.25, -0.2) is 0 Å². The van der Waals surface area contributed by atoms with Gasteiger partial charge in [0.25, 0.3) is 0 Å². The van der Waals surface area contributed by atoms with Crippen LogP contribution >= 0.6 is 0 Å². The van der Waals surface area contributed by atoms with Crippen LogP contribution in [0.3, 0.4) is 0 Å². The van der Waals surface area contributed by atoms with Crippen molar-refractivity contribution in [1.82, 2.24) is 15.1 Å². The number of amides is 1. The number of nitrogens with one attached hydrogen (secondary N) is 1. The van der Waals surface area contributed by atoms with Gasteiger partial charge in [-0.05, 0) is 29.9 Å². The third-order valence-corrected chi connectivity index (χ3v) is 6.02. The van der Waals surface area contributed by atoms with Crippen LogP contribution in [0.2, 0.25) is 0 Å². The van der Waals surface area contributed by atoms with Crippen molar-refractivity contribution in [2.45, 2.75) is 39.0 Å². The van der Waals surface area contributed by atoms with Gasteiger partial charge in [0.1, 0.15) is 12.4 Å². The molecular weight excluding hydrogens is 392 g/mol. The molecule has 31 heavy (non-hydrogen) atoms. The predicted molar refractivity (Wildman–Crippen MR) is 124 cm³/mol. The predicted octanol–water partition coefficient (Wildman–Crippen LogP) is 2.51. The summed E-state index contributed by atoms with van der Waals surface area (Å²) in [6.45, 7) is 12.3. The van der Waals surface area contributed by atoms with E-state index in [2.05, 4.69) is 48.1 Å². The summed E-state index contributed by atoms with van der Waals surface area (Å²) in [4.78, 5) is 21.4. The van der Waals surface area contributed by atoms with Crippen molar-refractivity contribution in [2.75, 3.05) is 59.6 Å². The van der Waals surface area contributed by atoms with Crippen molar-refractivity contribution in [3.63, 3.8) is 0 Å². The maximum atomic E-state index is 12.7. The average molecular weight is 431 g/mol. The highest BCUT2D eigenvalue weighted by Crippen LogP contribution is 2.30. The Hall–Kier alpha value is -2.28. The molecule has 0 unspecified atom stereocenters. The minimum absolute atomic E-state index is 0.0447. The molecule has 0 spiro atoms. The van der Waals surface area contributed by atoms with Gasteiger partial charge in [0.2, 0.25) is 5.91 Å². The van der Waals surface area contributed by atoms with Crippen LogP contribution in [0.25, 0.3) is 0 Å². The lowest BCUT2D eigenvalue weighted by Gasteiger charge is -2.36. The molecule has 1 aromatic carbocycles. The number of para-hydroxylation sites is 1. The van der Waals surface area contributed by atoms with Crippen LogP contribution in [0.5, 0.6) is 5.75 Å². The van der Waals surface area contributed by atoms with Gasteiger partial charge in [-0.1, -0.05) is 39.0 Å². The number of benzene rings is 1. The lowest BCUT2D eigenvalue weighted by Crippen LogP contribution is -2.50. The second kappa shape index (κ2) is 10.8. The summed E-state index contributed by atoms with van der Waals surface area (Å²) in [7, 11) is 1.81. The summed E-state index contributed by atoms with van der Waals surface area (Å²) in [6.07, 6.45) is 1.73. The number of piperidine rings is 1. The molecule has 7 heteroatoms. The molecule has 2 saturated heterocycles. The van der Waals surface area contributed by atoms with Gasteiger partial charge in [-0.2, -0.15) is 0 Å². The highest BCUT2D eigenvalue weighted by atomic mass is 16.5. The van der Waals surface area contributed by atoms with Crippen molar-refractivity contribution >= 4 is 11.9 Å². The Balaban J connectivity index is 1.43. The maximum Gasteiger partial charge on any atom is 0.225 e. The summed E-state index contributed by atoms with van der Waals surface area (Å²) >= 11 is 0. The van der Waals surface area contributed by atoms with Crippen molar-refractivity contribution < 1.29 is 14.3 Å². The molecule has 2 heterocycles. The number of morpholine rings is 1. The number of rotatable bonds is 5. The van der Waals surface area contributed by atoms with E-state index >= 15 is 0 Å².